The fourth-order valence-corrected chi connectivity index (χ4v) is 3.17. The van der Waals surface area contributed by atoms with Gasteiger partial charge in [0, 0.05) is 6.72 Å². The molecule has 2 nitrogen and oxygen atoms in total. The molecule has 2 atom stereocenters. The van der Waals surface area contributed by atoms with Crippen LogP contribution in [-0.4, -0.2) is 11.7 Å². The fraction of sp³-hybridized carbons (Fsp3) is 0.278. The lowest BCUT2D eigenvalue weighted by atomic mass is 9.89. The summed E-state index contributed by atoms with van der Waals surface area (Å²) < 4.78 is 0. The number of hydrazone groups is 1. The number of benzene rings is 2. The average molecular weight is 264 g/mol. The molecule has 0 aromatic heterocycles. The summed E-state index contributed by atoms with van der Waals surface area (Å²) in [6, 6.07) is 22.0. The SMILES string of the molecule is C=NN1[C@H](c2ccccc2)CCC[C@H]1c1ccccc1. The van der Waals surface area contributed by atoms with Crippen LogP contribution < -0.4 is 0 Å². The van der Waals surface area contributed by atoms with Crippen LogP contribution in [0.5, 0.6) is 0 Å². The molecule has 1 heterocycles. The smallest absolute Gasteiger partial charge is 0.0727 e. The zero-order valence-electron chi connectivity index (χ0n) is 11.7. The first kappa shape index (κ1) is 12.9. The van der Waals surface area contributed by atoms with Gasteiger partial charge in [0.15, 0.2) is 0 Å². The van der Waals surface area contributed by atoms with Gasteiger partial charge >= 0.3 is 0 Å². The second kappa shape index (κ2) is 5.91. The van der Waals surface area contributed by atoms with Gasteiger partial charge in [0.05, 0.1) is 12.1 Å². The summed E-state index contributed by atoms with van der Waals surface area (Å²) >= 11 is 0. The van der Waals surface area contributed by atoms with Crippen molar-refractivity contribution in [2.75, 3.05) is 0 Å². The Hall–Kier alpha value is -2.09. The summed E-state index contributed by atoms with van der Waals surface area (Å²) in [5.41, 5.74) is 2.67. The number of piperidine rings is 1. The van der Waals surface area contributed by atoms with Crippen molar-refractivity contribution in [2.24, 2.45) is 5.10 Å². The van der Waals surface area contributed by atoms with E-state index in [2.05, 4.69) is 77.5 Å². The summed E-state index contributed by atoms with van der Waals surface area (Å²) in [5, 5.41) is 6.54. The average Bonchev–Trinajstić information content (AvgIpc) is 2.55. The summed E-state index contributed by atoms with van der Waals surface area (Å²) in [6.45, 7) is 3.81. The van der Waals surface area contributed by atoms with E-state index in [1.165, 1.54) is 17.5 Å². The lowest BCUT2D eigenvalue weighted by molar-refractivity contribution is 0.0876. The lowest BCUT2D eigenvalue weighted by Gasteiger charge is -2.40. The minimum atomic E-state index is 0.340. The summed E-state index contributed by atoms with van der Waals surface area (Å²) in [7, 11) is 0. The topological polar surface area (TPSA) is 15.6 Å². The predicted octanol–water partition coefficient (Wildman–Crippen LogP) is 4.57. The highest BCUT2D eigenvalue weighted by Gasteiger charge is 2.31. The van der Waals surface area contributed by atoms with Crippen LogP contribution in [-0.2, 0) is 0 Å². The van der Waals surface area contributed by atoms with E-state index in [1.54, 1.807) is 0 Å². The molecule has 0 amide bonds. The van der Waals surface area contributed by atoms with E-state index in [0.29, 0.717) is 12.1 Å². The molecule has 20 heavy (non-hydrogen) atoms. The molecular formula is C18H20N2. The lowest BCUT2D eigenvalue weighted by Crippen LogP contribution is -2.32. The van der Waals surface area contributed by atoms with Crippen molar-refractivity contribution in [1.29, 1.82) is 0 Å². The van der Waals surface area contributed by atoms with Crippen LogP contribution in [0.2, 0.25) is 0 Å². The van der Waals surface area contributed by atoms with Gasteiger partial charge in [0.25, 0.3) is 0 Å². The second-order valence-corrected chi connectivity index (χ2v) is 5.31. The maximum atomic E-state index is 4.35. The van der Waals surface area contributed by atoms with Crippen molar-refractivity contribution in [3.8, 4) is 0 Å². The molecule has 102 valence electrons. The molecule has 0 radical (unpaired) electrons. The Kier molecular flexibility index (Phi) is 3.82. The van der Waals surface area contributed by atoms with Crippen LogP contribution in [0.3, 0.4) is 0 Å². The first-order valence-corrected chi connectivity index (χ1v) is 7.25. The summed E-state index contributed by atoms with van der Waals surface area (Å²) in [4.78, 5) is 0. The molecule has 2 aromatic carbocycles. The van der Waals surface area contributed by atoms with E-state index in [9.17, 15) is 0 Å². The molecule has 1 saturated heterocycles. The van der Waals surface area contributed by atoms with Crippen molar-refractivity contribution < 1.29 is 0 Å². The van der Waals surface area contributed by atoms with E-state index < -0.39 is 0 Å². The van der Waals surface area contributed by atoms with Gasteiger partial charge in [-0.15, -0.1) is 0 Å². The monoisotopic (exact) mass is 264 g/mol. The van der Waals surface area contributed by atoms with Gasteiger partial charge in [-0.1, -0.05) is 60.7 Å². The van der Waals surface area contributed by atoms with Crippen molar-refractivity contribution in [3.63, 3.8) is 0 Å². The Morgan fingerprint density at radius 3 is 1.65 bits per heavy atom. The van der Waals surface area contributed by atoms with Crippen LogP contribution in [0.25, 0.3) is 0 Å². The molecule has 0 aliphatic carbocycles. The van der Waals surface area contributed by atoms with E-state index in [4.69, 9.17) is 0 Å². The van der Waals surface area contributed by atoms with Crippen molar-refractivity contribution in [1.82, 2.24) is 5.01 Å². The van der Waals surface area contributed by atoms with Gasteiger partial charge in [-0.25, -0.2) is 0 Å². The third-order valence-corrected chi connectivity index (χ3v) is 4.13. The minimum absolute atomic E-state index is 0.340. The molecule has 1 fully saturated rings. The third-order valence-electron chi connectivity index (χ3n) is 4.13. The summed E-state index contributed by atoms with van der Waals surface area (Å²) in [6.07, 6.45) is 3.52. The zero-order valence-corrected chi connectivity index (χ0v) is 11.7. The Morgan fingerprint density at radius 2 is 1.25 bits per heavy atom. The minimum Gasteiger partial charge on any atom is -0.283 e. The van der Waals surface area contributed by atoms with Gasteiger partial charge in [-0.05, 0) is 30.4 Å². The number of hydrogen-bond donors (Lipinski definition) is 0. The Balaban J connectivity index is 1.92. The Bertz CT molecular complexity index is 503. The molecule has 0 bridgehead atoms. The summed E-state index contributed by atoms with van der Waals surface area (Å²) in [5.74, 6) is 0. The Morgan fingerprint density at radius 1 is 0.800 bits per heavy atom. The molecule has 2 heteroatoms. The van der Waals surface area contributed by atoms with Crippen LogP contribution in [0.15, 0.2) is 65.8 Å². The van der Waals surface area contributed by atoms with Crippen LogP contribution in [0, 0.1) is 0 Å². The second-order valence-electron chi connectivity index (χ2n) is 5.31. The number of hydrogen-bond acceptors (Lipinski definition) is 2. The van der Waals surface area contributed by atoms with E-state index in [-0.39, 0.29) is 0 Å². The van der Waals surface area contributed by atoms with Crippen LogP contribution >= 0.6 is 0 Å². The van der Waals surface area contributed by atoms with Crippen molar-refractivity contribution >= 4 is 6.72 Å². The van der Waals surface area contributed by atoms with Crippen molar-refractivity contribution in [2.45, 2.75) is 31.3 Å². The number of nitrogens with zero attached hydrogens (tertiary/aromatic N) is 2. The highest BCUT2D eigenvalue weighted by molar-refractivity contribution is 5.27. The molecule has 0 spiro atoms. The molecule has 0 N–H and O–H groups in total. The van der Waals surface area contributed by atoms with Crippen molar-refractivity contribution in [3.05, 3.63) is 71.8 Å². The van der Waals surface area contributed by atoms with E-state index in [0.717, 1.165) is 12.8 Å². The number of rotatable bonds is 3. The first-order chi connectivity index (χ1) is 9.90. The standard InChI is InChI=1S/C18H20N2/c1-19-20-17(15-9-4-2-5-10-15)13-8-14-18(20)16-11-6-3-7-12-16/h2-7,9-12,17-18H,1,8,13-14H2/t17-,18-/m0/s1. The van der Waals surface area contributed by atoms with E-state index >= 15 is 0 Å². The molecule has 0 unspecified atom stereocenters. The molecule has 1 aliphatic heterocycles. The predicted molar refractivity (Wildman–Crippen MR) is 83.6 cm³/mol. The van der Waals surface area contributed by atoms with Gasteiger partial charge in [-0.3, -0.25) is 5.01 Å². The third kappa shape index (κ3) is 2.46. The van der Waals surface area contributed by atoms with Gasteiger partial charge in [-0.2, -0.15) is 5.10 Å². The van der Waals surface area contributed by atoms with Gasteiger partial charge in [0.1, 0.15) is 0 Å². The molecule has 0 saturated carbocycles. The molecular weight excluding hydrogens is 244 g/mol. The maximum Gasteiger partial charge on any atom is 0.0727 e. The first-order valence-electron chi connectivity index (χ1n) is 7.25. The highest BCUT2D eigenvalue weighted by Crippen LogP contribution is 2.41. The molecule has 3 rings (SSSR count). The largest absolute Gasteiger partial charge is 0.283 e. The normalized spacial score (nSPS) is 22.5. The quantitative estimate of drug-likeness (QED) is 0.741. The highest BCUT2D eigenvalue weighted by atomic mass is 15.5. The molecule has 1 aliphatic rings. The zero-order chi connectivity index (χ0) is 13.8. The van der Waals surface area contributed by atoms with Crippen LogP contribution in [0.4, 0.5) is 0 Å². The maximum absolute atomic E-state index is 4.35. The Labute approximate surface area is 120 Å². The molecule has 2 aromatic rings. The van der Waals surface area contributed by atoms with E-state index in [1.807, 2.05) is 0 Å². The fourth-order valence-electron chi connectivity index (χ4n) is 3.17. The van der Waals surface area contributed by atoms with Gasteiger partial charge < -0.3 is 0 Å². The van der Waals surface area contributed by atoms with Crippen LogP contribution in [0.1, 0.15) is 42.5 Å². The van der Waals surface area contributed by atoms with Gasteiger partial charge in [0.2, 0.25) is 0 Å².